The first-order valence-corrected chi connectivity index (χ1v) is 5.57. The van der Waals surface area contributed by atoms with E-state index in [4.69, 9.17) is 0 Å². The lowest BCUT2D eigenvalue weighted by Crippen LogP contribution is -2.46. The molecule has 1 atom stereocenters. The molecule has 1 heterocycles. The van der Waals surface area contributed by atoms with Crippen molar-refractivity contribution in [3.8, 4) is 0 Å². The van der Waals surface area contributed by atoms with Crippen molar-refractivity contribution in [3.63, 3.8) is 0 Å². The Morgan fingerprint density at radius 2 is 1.95 bits per heavy atom. The van der Waals surface area contributed by atoms with Crippen molar-refractivity contribution in [2.75, 3.05) is 7.11 Å². The van der Waals surface area contributed by atoms with Crippen LogP contribution >= 0.6 is 0 Å². The van der Waals surface area contributed by atoms with Gasteiger partial charge in [0.25, 0.3) is 11.5 Å². The van der Waals surface area contributed by atoms with Gasteiger partial charge < -0.3 is 15.0 Å². The zero-order valence-corrected chi connectivity index (χ0v) is 10.8. The van der Waals surface area contributed by atoms with Crippen LogP contribution in [0.4, 0.5) is 0 Å². The number of aromatic amines is 2. The normalized spacial score (nSPS) is 12.0. The van der Waals surface area contributed by atoms with Crippen LogP contribution in [0.2, 0.25) is 0 Å². The molecule has 0 spiro atoms. The van der Waals surface area contributed by atoms with Crippen molar-refractivity contribution in [1.29, 1.82) is 0 Å². The Labute approximate surface area is 108 Å². The lowest BCUT2D eigenvalue weighted by Gasteiger charge is -2.19. The van der Waals surface area contributed by atoms with E-state index < -0.39 is 29.2 Å². The molecule has 0 aliphatic rings. The van der Waals surface area contributed by atoms with E-state index in [1.54, 1.807) is 13.8 Å². The minimum absolute atomic E-state index is 0.210. The number of nitrogens with one attached hydrogen (secondary N) is 3. The van der Waals surface area contributed by atoms with E-state index in [9.17, 15) is 19.2 Å². The van der Waals surface area contributed by atoms with Gasteiger partial charge in [0.15, 0.2) is 0 Å². The van der Waals surface area contributed by atoms with E-state index in [0.717, 1.165) is 6.20 Å². The molecule has 3 N–H and O–H groups in total. The third-order valence-electron chi connectivity index (χ3n) is 2.47. The first-order valence-electron chi connectivity index (χ1n) is 5.57. The molecule has 0 radical (unpaired) electrons. The number of amides is 1. The minimum Gasteiger partial charge on any atom is -0.467 e. The van der Waals surface area contributed by atoms with E-state index in [-0.39, 0.29) is 11.5 Å². The summed E-state index contributed by atoms with van der Waals surface area (Å²) in [5, 5.41) is 2.39. The Morgan fingerprint density at radius 1 is 1.32 bits per heavy atom. The van der Waals surface area contributed by atoms with Crippen LogP contribution in [-0.2, 0) is 9.53 Å². The van der Waals surface area contributed by atoms with Gasteiger partial charge in [-0.25, -0.2) is 9.59 Å². The molecule has 0 saturated carbocycles. The molecule has 0 aliphatic carbocycles. The van der Waals surface area contributed by atoms with Gasteiger partial charge >= 0.3 is 11.7 Å². The van der Waals surface area contributed by atoms with Gasteiger partial charge in [0.1, 0.15) is 11.6 Å². The Hall–Kier alpha value is -2.38. The largest absolute Gasteiger partial charge is 0.467 e. The topological polar surface area (TPSA) is 121 Å². The van der Waals surface area contributed by atoms with Crippen LogP contribution < -0.4 is 16.6 Å². The highest BCUT2D eigenvalue weighted by atomic mass is 16.5. The standard InChI is InChI=1S/C11H15N3O5/c1-5(2)7(10(17)19-3)13-8(15)6-4-12-11(18)14-9(6)16/h4-5,7H,1-3H3,(H,13,15)(H2,12,14,16,18). The second kappa shape index (κ2) is 5.98. The van der Waals surface area contributed by atoms with Gasteiger partial charge in [0.2, 0.25) is 0 Å². The quantitative estimate of drug-likeness (QED) is 0.605. The number of ether oxygens (including phenoxy) is 1. The minimum atomic E-state index is -0.871. The van der Waals surface area contributed by atoms with Crippen LogP contribution in [0.3, 0.4) is 0 Å². The molecule has 1 unspecified atom stereocenters. The molecular weight excluding hydrogens is 254 g/mol. The number of hydrogen-bond donors (Lipinski definition) is 3. The number of carbonyl (C=O) groups excluding carboxylic acids is 2. The monoisotopic (exact) mass is 269 g/mol. The van der Waals surface area contributed by atoms with Crippen LogP contribution in [-0.4, -0.2) is 35.0 Å². The number of carbonyl (C=O) groups is 2. The number of methoxy groups -OCH3 is 1. The molecule has 0 saturated heterocycles. The van der Waals surface area contributed by atoms with Crippen molar-refractivity contribution in [2.24, 2.45) is 5.92 Å². The summed E-state index contributed by atoms with van der Waals surface area (Å²) in [6.45, 7) is 3.44. The third-order valence-corrected chi connectivity index (χ3v) is 2.47. The Kier molecular flexibility index (Phi) is 4.62. The van der Waals surface area contributed by atoms with Crippen LogP contribution in [0.15, 0.2) is 15.8 Å². The summed E-state index contributed by atoms with van der Waals surface area (Å²) in [4.78, 5) is 49.7. The van der Waals surface area contributed by atoms with Crippen molar-refractivity contribution < 1.29 is 14.3 Å². The van der Waals surface area contributed by atoms with Crippen LogP contribution in [0.1, 0.15) is 24.2 Å². The summed E-state index contributed by atoms with van der Waals surface area (Å²) in [6, 6.07) is -0.871. The van der Waals surface area contributed by atoms with E-state index in [0.29, 0.717) is 0 Å². The van der Waals surface area contributed by atoms with E-state index in [1.807, 2.05) is 4.98 Å². The smallest absolute Gasteiger partial charge is 0.328 e. The highest BCUT2D eigenvalue weighted by Crippen LogP contribution is 2.04. The predicted octanol–water partition coefficient (Wildman–Crippen LogP) is -1.01. The summed E-state index contributed by atoms with van der Waals surface area (Å²) >= 11 is 0. The fourth-order valence-corrected chi connectivity index (χ4v) is 1.42. The van der Waals surface area contributed by atoms with Gasteiger partial charge in [0.05, 0.1) is 7.11 Å². The lowest BCUT2D eigenvalue weighted by molar-refractivity contribution is -0.144. The summed E-state index contributed by atoms with van der Waals surface area (Å²) in [7, 11) is 1.21. The molecule has 1 rings (SSSR count). The number of esters is 1. The van der Waals surface area contributed by atoms with Crippen LogP contribution in [0.5, 0.6) is 0 Å². The van der Waals surface area contributed by atoms with Crippen molar-refractivity contribution in [2.45, 2.75) is 19.9 Å². The molecule has 1 amide bonds. The van der Waals surface area contributed by atoms with Gasteiger partial charge in [0, 0.05) is 6.20 Å². The molecule has 0 bridgehead atoms. The van der Waals surface area contributed by atoms with Gasteiger partial charge in [-0.15, -0.1) is 0 Å². The fourth-order valence-electron chi connectivity index (χ4n) is 1.42. The van der Waals surface area contributed by atoms with Crippen LogP contribution in [0.25, 0.3) is 0 Å². The van der Waals surface area contributed by atoms with E-state index in [1.165, 1.54) is 7.11 Å². The highest BCUT2D eigenvalue weighted by molar-refractivity contribution is 5.96. The zero-order chi connectivity index (χ0) is 14.6. The van der Waals surface area contributed by atoms with Gasteiger partial charge in [-0.1, -0.05) is 13.8 Å². The SMILES string of the molecule is COC(=O)C(NC(=O)c1c[nH]c(=O)[nH]c1=O)C(C)C. The van der Waals surface area contributed by atoms with Gasteiger partial charge in [-0.3, -0.25) is 14.6 Å². The maximum Gasteiger partial charge on any atom is 0.328 e. The van der Waals surface area contributed by atoms with Crippen LogP contribution in [0, 0.1) is 5.92 Å². The molecule has 1 aromatic rings. The zero-order valence-electron chi connectivity index (χ0n) is 10.8. The number of aromatic nitrogens is 2. The fraction of sp³-hybridized carbons (Fsp3) is 0.455. The number of H-pyrrole nitrogens is 2. The summed E-state index contributed by atoms with van der Waals surface area (Å²) in [5.41, 5.74) is -1.82. The number of hydrogen-bond acceptors (Lipinski definition) is 5. The maximum atomic E-state index is 11.9. The average molecular weight is 269 g/mol. The molecular formula is C11H15N3O5. The molecule has 8 heteroatoms. The first kappa shape index (κ1) is 14.7. The van der Waals surface area contributed by atoms with Crippen molar-refractivity contribution in [1.82, 2.24) is 15.3 Å². The second-order valence-electron chi connectivity index (χ2n) is 4.20. The highest BCUT2D eigenvalue weighted by Gasteiger charge is 2.26. The average Bonchev–Trinajstić information content (AvgIpc) is 2.34. The molecule has 1 aromatic heterocycles. The molecule has 0 aliphatic heterocycles. The summed E-state index contributed by atoms with van der Waals surface area (Å²) in [6.07, 6.45) is 0.991. The Bertz CT molecular complexity index is 586. The van der Waals surface area contributed by atoms with Gasteiger partial charge in [-0.2, -0.15) is 0 Å². The van der Waals surface area contributed by atoms with Crippen molar-refractivity contribution >= 4 is 11.9 Å². The Morgan fingerprint density at radius 3 is 2.42 bits per heavy atom. The van der Waals surface area contributed by atoms with Gasteiger partial charge in [-0.05, 0) is 5.92 Å². The summed E-state index contributed by atoms with van der Waals surface area (Å²) in [5.74, 6) is -1.58. The number of rotatable bonds is 4. The third kappa shape index (κ3) is 3.54. The van der Waals surface area contributed by atoms with Crippen molar-refractivity contribution in [3.05, 3.63) is 32.6 Å². The van der Waals surface area contributed by atoms with E-state index >= 15 is 0 Å². The maximum absolute atomic E-state index is 11.9. The molecule has 104 valence electrons. The molecule has 0 fully saturated rings. The lowest BCUT2D eigenvalue weighted by atomic mass is 10.0. The molecule has 19 heavy (non-hydrogen) atoms. The van der Waals surface area contributed by atoms with E-state index in [2.05, 4.69) is 15.0 Å². The molecule has 8 nitrogen and oxygen atoms in total. The summed E-state index contributed by atoms with van der Waals surface area (Å²) < 4.78 is 4.56. The predicted molar refractivity (Wildman–Crippen MR) is 65.8 cm³/mol. The first-order chi connectivity index (χ1) is 8.86. The second-order valence-corrected chi connectivity index (χ2v) is 4.20. The Balaban J connectivity index is 2.97. The molecule has 0 aromatic carbocycles.